The van der Waals surface area contributed by atoms with Crippen molar-refractivity contribution in [2.75, 3.05) is 20.2 Å². The smallest absolute Gasteiger partial charge is 0.350 e. The quantitative estimate of drug-likeness (QED) is 0.503. The van der Waals surface area contributed by atoms with Crippen molar-refractivity contribution < 1.29 is 9.53 Å². The fourth-order valence-electron chi connectivity index (χ4n) is 4.50. The van der Waals surface area contributed by atoms with Crippen molar-refractivity contribution in [3.8, 4) is 5.69 Å². The second-order valence-electron chi connectivity index (χ2n) is 8.70. The number of halogens is 1. The Labute approximate surface area is 198 Å². The van der Waals surface area contributed by atoms with Gasteiger partial charge in [-0.1, -0.05) is 35.9 Å². The number of esters is 1. The molecule has 4 rings (SSSR count). The molecular formula is C25H29ClN4O3. The highest BCUT2D eigenvalue weighted by molar-refractivity contribution is 6.30. The molecule has 0 spiro atoms. The minimum Gasteiger partial charge on any atom is -0.468 e. The Hall–Kier alpha value is -2.90. The molecule has 1 aliphatic rings. The van der Waals surface area contributed by atoms with E-state index < -0.39 is 6.04 Å². The van der Waals surface area contributed by atoms with Crippen molar-refractivity contribution in [1.29, 1.82) is 0 Å². The molecule has 7 nitrogen and oxygen atoms in total. The fraction of sp³-hybridized carbons (Fsp3) is 0.400. The summed E-state index contributed by atoms with van der Waals surface area (Å²) in [6.07, 6.45) is 3.44. The Morgan fingerprint density at radius 1 is 1.06 bits per heavy atom. The molecular weight excluding hydrogens is 440 g/mol. The highest BCUT2D eigenvalue weighted by Gasteiger charge is 2.32. The molecule has 0 saturated carbocycles. The van der Waals surface area contributed by atoms with Gasteiger partial charge in [0.2, 0.25) is 0 Å². The van der Waals surface area contributed by atoms with Crippen LogP contribution in [-0.4, -0.2) is 45.4 Å². The zero-order valence-electron chi connectivity index (χ0n) is 19.1. The molecule has 174 valence electrons. The summed E-state index contributed by atoms with van der Waals surface area (Å²) in [6, 6.07) is 15.1. The number of nitrogens with zero attached hydrogens (tertiary/aromatic N) is 4. The monoisotopic (exact) mass is 468 g/mol. The summed E-state index contributed by atoms with van der Waals surface area (Å²) < 4.78 is 8.14. The standard InChI is InChI=1S/C25H29ClN4O3/c1-17(2)30-25(32)29(16-27-30)22-10-6-18(7-11-22)19-12-14-28(15-13-19)23(24(31)33-3)20-4-8-21(26)9-5-20/h4-11,16-17,19,23H,12-15H2,1-3H3. The lowest BCUT2D eigenvalue weighted by Gasteiger charge is -2.36. The van der Waals surface area contributed by atoms with Crippen LogP contribution in [0.5, 0.6) is 0 Å². The zero-order valence-corrected chi connectivity index (χ0v) is 19.9. The van der Waals surface area contributed by atoms with Crippen molar-refractivity contribution in [3.05, 3.63) is 81.5 Å². The van der Waals surface area contributed by atoms with Crippen molar-refractivity contribution in [2.45, 2.75) is 44.7 Å². The Morgan fingerprint density at radius 2 is 1.70 bits per heavy atom. The number of rotatable bonds is 6. The highest BCUT2D eigenvalue weighted by Crippen LogP contribution is 2.33. The van der Waals surface area contributed by atoms with Crippen LogP contribution >= 0.6 is 11.6 Å². The molecule has 1 aromatic heterocycles. The van der Waals surface area contributed by atoms with E-state index in [0.29, 0.717) is 10.9 Å². The van der Waals surface area contributed by atoms with Crippen LogP contribution in [0.4, 0.5) is 0 Å². The molecule has 0 N–H and O–H groups in total. The van der Waals surface area contributed by atoms with Crippen LogP contribution in [0, 0.1) is 0 Å². The largest absolute Gasteiger partial charge is 0.468 e. The molecule has 3 aromatic rings. The predicted octanol–water partition coefficient (Wildman–Crippen LogP) is 4.36. The fourth-order valence-corrected chi connectivity index (χ4v) is 4.62. The zero-order chi connectivity index (χ0) is 23.5. The Morgan fingerprint density at radius 3 is 2.24 bits per heavy atom. The number of hydrogen-bond acceptors (Lipinski definition) is 5. The van der Waals surface area contributed by atoms with Gasteiger partial charge in [-0.3, -0.25) is 4.90 Å². The van der Waals surface area contributed by atoms with Gasteiger partial charge < -0.3 is 4.74 Å². The van der Waals surface area contributed by atoms with E-state index in [1.807, 2.05) is 38.1 Å². The first kappa shape index (κ1) is 23.3. The first-order chi connectivity index (χ1) is 15.9. The summed E-state index contributed by atoms with van der Waals surface area (Å²) in [7, 11) is 1.43. The highest BCUT2D eigenvalue weighted by atomic mass is 35.5. The van der Waals surface area contributed by atoms with Crippen LogP contribution in [0.15, 0.2) is 59.7 Å². The molecule has 8 heteroatoms. The molecule has 1 atom stereocenters. The number of carbonyl (C=O) groups excluding carboxylic acids is 1. The third-order valence-electron chi connectivity index (χ3n) is 6.33. The maximum absolute atomic E-state index is 12.6. The van der Waals surface area contributed by atoms with Crippen LogP contribution in [0.3, 0.4) is 0 Å². The molecule has 0 radical (unpaired) electrons. The van der Waals surface area contributed by atoms with Gasteiger partial charge >= 0.3 is 11.7 Å². The number of aromatic nitrogens is 3. The van der Waals surface area contributed by atoms with Gasteiger partial charge in [-0.05, 0) is 81.1 Å². The summed E-state index contributed by atoms with van der Waals surface area (Å²) in [6.45, 7) is 5.45. The lowest BCUT2D eigenvalue weighted by Crippen LogP contribution is -2.40. The van der Waals surface area contributed by atoms with Gasteiger partial charge in [0.25, 0.3) is 0 Å². The Kier molecular flexibility index (Phi) is 7.00. The number of benzene rings is 2. The van der Waals surface area contributed by atoms with Gasteiger partial charge in [0.05, 0.1) is 18.8 Å². The molecule has 1 aliphatic heterocycles. The maximum Gasteiger partial charge on any atom is 0.350 e. The third-order valence-corrected chi connectivity index (χ3v) is 6.58. The van der Waals surface area contributed by atoms with Crippen molar-refractivity contribution in [1.82, 2.24) is 19.2 Å². The lowest BCUT2D eigenvalue weighted by atomic mass is 9.88. The number of methoxy groups -OCH3 is 1. The maximum atomic E-state index is 12.6. The lowest BCUT2D eigenvalue weighted by molar-refractivity contribution is -0.147. The van der Waals surface area contributed by atoms with Crippen LogP contribution in [0.1, 0.15) is 55.8 Å². The minimum atomic E-state index is -0.431. The summed E-state index contributed by atoms with van der Waals surface area (Å²) >= 11 is 6.02. The van der Waals surface area contributed by atoms with Gasteiger partial charge in [-0.2, -0.15) is 5.10 Å². The summed E-state index contributed by atoms with van der Waals surface area (Å²) in [5.41, 5.74) is 2.80. The van der Waals surface area contributed by atoms with Gasteiger partial charge in [0.15, 0.2) is 0 Å². The predicted molar refractivity (Wildman–Crippen MR) is 128 cm³/mol. The molecule has 0 amide bonds. The van der Waals surface area contributed by atoms with Crippen LogP contribution in [-0.2, 0) is 9.53 Å². The number of hydrogen-bond donors (Lipinski definition) is 0. The van der Waals surface area contributed by atoms with Gasteiger partial charge in [0, 0.05) is 5.02 Å². The molecule has 1 unspecified atom stereocenters. The van der Waals surface area contributed by atoms with E-state index in [1.165, 1.54) is 17.4 Å². The number of piperidine rings is 1. The molecule has 0 aliphatic carbocycles. The Bertz CT molecular complexity index is 1140. The first-order valence-electron chi connectivity index (χ1n) is 11.2. The topological polar surface area (TPSA) is 69.4 Å². The molecule has 33 heavy (non-hydrogen) atoms. The number of carbonyl (C=O) groups is 1. The van der Waals surface area contributed by atoms with Gasteiger partial charge in [-0.15, -0.1) is 0 Å². The second kappa shape index (κ2) is 9.93. The number of ether oxygens (including phenoxy) is 1. The molecule has 2 heterocycles. The third kappa shape index (κ3) is 4.89. The average Bonchev–Trinajstić information content (AvgIpc) is 3.22. The van der Waals surface area contributed by atoms with Crippen LogP contribution in [0.2, 0.25) is 5.02 Å². The van der Waals surface area contributed by atoms with Crippen LogP contribution < -0.4 is 5.69 Å². The summed E-state index contributed by atoms with van der Waals surface area (Å²) in [5, 5.41) is 4.84. The minimum absolute atomic E-state index is 0.0184. The molecule has 1 saturated heterocycles. The van der Waals surface area contributed by atoms with Crippen LogP contribution in [0.25, 0.3) is 5.69 Å². The van der Waals surface area contributed by atoms with Gasteiger partial charge in [-0.25, -0.2) is 18.8 Å². The second-order valence-corrected chi connectivity index (χ2v) is 9.14. The van der Waals surface area contributed by atoms with E-state index in [1.54, 1.807) is 23.0 Å². The van der Waals surface area contributed by atoms with E-state index in [4.69, 9.17) is 16.3 Å². The SMILES string of the molecule is COC(=O)C(c1ccc(Cl)cc1)N1CCC(c2ccc(-n3cnn(C(C)C)c3=O)cc2)CC1. The van der Waals surface area contributed by atoms with Gasteiger partial charge in [0.1, 0.15) is 12.4 Å². The van der Waals surface area contributed by atoms with E-state index in [2.05, 4.69) is 22.1 Å². The first-order valence-corrected chi connectivity index (χ1v) is 11.6. The molecule has 0 bridgehead atoms. The van der Waals surface area contributed by atoms with E-state index >= 15 is 0 Å². The van der Waals surface area contributed by atoms with E-state index in [0.717, 1.165) is 37.2 Å². The average molecular weight is 469 g/mol. The number of likely N-dealkylation sites (tertiary alicyclic amines) is 1. The summed E-state index contributed by atoms with van der Waals surface area (Å²) in [5.74, 6) is 0.140. The molecule has 2 aromatic carbocycles. The van der Waals surface area contributed by atoms with Crippen molar-refractivity contribution >= 4 is 17.6 Å². The van der Waals surface area contributed by atoms with Crippen molar-refractivity contribution in [3.63, 3.8) is 0 Å². The van der Waals surface area contributed by atoms with Crippen molar-refractivity contribution in [2.24, 2.45) is 0 Å². The Balaban J connectivity index is 1.45. The van der Waals surface area contributed by atoms with E-state index in [-0.39, 0.29) is 17.7 Å². The summed E-state index contributed by atoms with van der Waals surface area (Å²) in [4.78, 5) is 27.3. The molecule has 1 fully saturated rings. The normalized spacial score (nSPS) is 16.2. The van der Waals surface area contributed by atoms with E-state index in [9.17, 15) is 9.59 Å².